The number of hydrogen-bond acceptors (Lipinski definition) is 3. The number of carbonyl (C=O) groups is 1. The lowest BCUT2D eigenvalue weighted by Gasteiger charge is -2.37. The molecule has 1 atom stereocenters. The monoisotopic (exact) mass is 354 g/mol. The molecule has 3 nitrogen and oxygen atoms in total. The Kier molecular flexibility index (Phi) is 5.48. The highest BCUT2D eigenvalue weighted by atomic mass is 32.2. The summed E-state index contributed by atoms with van der Waals surface area (Å²) in [4.78, 5) is 19.8. The van der Waals surface area contributed by atoms with Crippen LogP contribution in [0.1, 0.15) is 62.0 Å². The van der Waals surface area contributed by atoms with Crippen LogP contribution in [0.3, 0.4) is 0 Å². The minimum absolute atomic E-state index is 0.0893. The van der Waals surface area contributed by atoms with Crippen molar-refractivity contribution in [1.82, 2.24) is 9.88 Å². The maximum Gasteiger partial charge on any atom is 0.254 e. The van der Waals surface area contributed by atoms with Crippen LogP contribution >= 0.6 is 11.8 Å². The summed E-state index contributed by atoms with van der Waals surface area (Å²) in [7, 11) is 0. The van der Waals surface area contributed by atoms with Crippen LogP contribution in [0.4, 0.5) is 0 Å². The predicted octanol–water partition coefficient (Wildman–Crippen LogP) is 5.34. The van der Waals surface area contributed by atoms with Crippen LogP contribution in [-0.2, 0) is 0 Å². The first-order valence-electron chi connectivity index (χ1n) is 8.96. The number of carbonyl (C=O) groups excluding carboxylic acids is 1. The van der Waals surface area contributed by atoms with Crippen LogP contribution in [-0.4, -0.2) is 27.1 Å². The fraction of sp³-hybridized carbons (Fsp3) is 0.429. The summed E-state index contributed by atoms with van der Waals surface area (Å²) in [6, 6.07) is 13.9. The van der Waals surface area contributed by atoms with E-state index in [-0.39, 0.29) is 16.7 Å². The summed E-state index contributed by atoms with van der Waals surface area (Å²) in [5.41, 5.74) is 1.95. The molecule has 0 saturated carbocycles. The van der Waals surface area contributed by atoms with E-state index in [1.54, 1.807) is 11.8 Å². The normalized spacial score (nSPS) is 18.2. The summed E-state index contributed by atoms with van der Waals surface area (Å²) in [5.74, 6) is 0.126. The molecule has 2 heterocycles. The summed E-state index contributed by atoms with van der Waals surface area (Å²) in [5, 5.41) is 1.05. The molecule has 0 spiro atoms. The van der Waals surface area contributed by atoms with Crippen molar-refractivity contribution in [1.29, 1.82) is 0 Å². The number of hydrogen-bond donors (Lipinski definition) is 0. The van der Waals surface area contributed by atoms with Crippen molar-refractivity contribution in [3.05, 3.63) is 59.8 Å². The van der Waals surface area contributed by atoms with Gasteiger partial charge in [-0.1, -0.05) is 45.0 Å². The molecule has 1 fully saturated rings. The van der Waals surface area contributed by atoms with Crippen molar-refractivity contribution in [2.24, 2.45) is 0 Å². The Morgan fingerprint density at radius 3 is 2.60 bits per heavy atom. The Labute approximate surface area is 154 Å². The Hall–Kier alpha value is -1.81. The smallest absolute Gasteiger partial charge is 0.254 e. The standard InChI is InChI=1S/C21H26N2OS/c1-21(2,3)25-19-17(12-9-14-22-19)18-13-7-8-15-23(18)20(24)16-10-5-4-6-11-16/h4-6,9-12,14,18H,7-8,13,15H2,1-3H3/t18-/m1/s1. The summed E-state index contributed by atoms with van der Waals surface area (Å²) >= 11 is 1.78. The molecule has 4 heteroatoms. The van der Waals surface area contributed by atoms with Gasteiger partial charge >= 0.3 is 0 Å². The summed E-state index contributed by atoms with van der Waals surface area (Å²) in [6.45, 7) is 7.41. The number of piperidine rings is 1. The van der Waals surface area contributed by atoms with E-state index >= 15 is 0 Å². The van der Waals surface area contributed by atoms with Gasteiger partial charge in [-0.2, -0.15) is 0 Å². The fourth-order valence-electron chi connectivity index (χ4n) is 3.28. The first kappa shape index (κ1) is 18.0. The molecule has 1 aromatic heterocycles. The van der Waals surface area contributed by atoms with Crippen LogP contribution in [0.25, 0.3) is 0 Å². The van der Waals surface area contributed by atoms with E-state index in [1.165, 1.54) is 5.56 Å². The minimum atomic E-state index is 0.0893. The third kappa shape index (κ3) is 4.43. The second-order valence-electron chi connectivity index (χ2n) is 7.49. The van der Waals surface area contributed by atoms with Crippen molar-refractivity contribution < 1.29 is 4.79 Å². The number of aromatic nitrogens is 1. The van der Waals surface area contributed by atoms with E-state index in [4.69, 9.17) is 0 Å². The Morgan fingerprint density at radius 1 is 1.12 bits per heavy atom. The van der Waals surface area contributed by atoms with Crippen molar-refractivity contribution in [2.45, 2.75) is 55.8 Å². The van der Waals surface area contributed by atoms with Crippen LogP contribution in [0.15, 0.2) is 53.7 Å². The van der Waals surface area contributed by atoms with Gasteiger partial charge in [-0.3, -0.25) is 4.79 Å². The van der Waals surface area contributed by atoms with E-state index in [1.807, 2.05) is 47.5 Å². The molecule has 1 aromatic carbocycles. The van der Waals surface area contributed by atoms with Crippen molar-refractivity contribution in [3.63, 3.8) is 0 Å². The van der Waals surface area contributed by atoms with Gasteiger partial charge in [0.2, 0.25) is 0 Å². The third-order valence-electron chi connectivity index (χ3n) is 4.35. The van der Waals surface area contributed by atoms with Crippen molar-refractivity contribution >= 4 is 17.7 Å². The Balaban J connectivity index is 1.93. The van der Waals surface area contributed by atoms with Crippen molar-refractivity contribution in [2.75, 3.05) is 6.54 Å². The largest absolute Gasteiger partial charge is 0.332 e. The van der Waals surface area contributed by atoms with Crippen molar-refractivity contribution in [3.8, 4) is 0 Å². The maximum atomic E-state index is 13.1. The molecule has 25 heavy (non-hydrogen) atoms. The number of benzene rings is 1. The van der Waals surface area contributed by atoms with Gasteiger partial charge in [-0.25, -0.2) is 4.98 Å². The number of thioether (sulfide) groups is 1. The summed E-state index contributed by atoms with van der Waals surface area (Å²) < 4.78 is 0.0893. The number of likely N-dealkylation sites (tertiary alicyclic amines) is 1. The first-order chi connectivity index (χ1) is 12.0. The molecule has 3 rings (SSSR count). The number of pyridine rings is 1. The van der Waals surface area contributed by atoms with Gasteiger partial charge in [-0.05, 0) is 37.5 Å². The van der Waals surface area contributed by atoms with Gasteiger partial charge in [0.25, 0.3) is 5.91 Å². The Bertz CT molecular complexity index is 724. The van der Waals surface area contributed by atoms with Crippen LogP contribution < -0.4 is 0 Å². The molecular formula is C21H26N2OS. The first-order valence-corrected chi connectivity index (χ1v) is 9.77. The molecule has 1 aliphatic heterocycles. The highest BCUT2D eigenvalue weighted by Crippen LogP contribution is 2.40. The molecule has 132 valence electrons. The van der Waals surface area contributed by atoms with Gasteiger partial charge in [0.15, 0.2) is 0 Å². The highest BCUT2D eigenvalue weighted by Gasteiger charge is 2.31. The van der Waals surface area contributed by atoms with E-state index in [2.05, 4.69) is 31.8 Å². The molecule has 1 amide bonds. The zero-order valence-electron chi connectivity index (χ0n) is 15.2. The zero-order chi connectivity index (χ0) is 17.9. The fourth-order valence-corrected chi connectivity index (χ4v) is 4.29. The lowest BCUT2D eigenvalue weighted by molar-refractivity contribution is 0.0607. The highest BCUT2D eigenvalue weighted by molar-refractivity contribution is 8.00. The van der Waals surface area contributed by atoms with E-state index in [9.17, 15) is 4.79 Å². The minimum Gasteiger partial charge on any atom is -0.332 e. The lowest BCUT2D eigenvalue weighted by atomic mass is 9.95. The molecular weight excluding hydrogens is 328 g/mol. The van der Waals surface area contributed by atoms with Crippen LogP contribution in [0.5, 0.6) is 0 Å². The van der Waals surface area contributed by atoms with Gasteiger partial charge in [0, 0.05) is 28.6 Å². The molecule has 0 bridgehead atoms. The van der Waals surface area contributed by atoms with E-state index in [0.29, 0.717) is 0 Å². The number of amides is 1. The topological polar surface area (TPSA) is 33.2 Å². The van der Waals surface area contributed by atoms with E-state index < -0.39 is 0 Å². The second kappa shape index (κ2) is 7.61. The maximum absolute atomic E-state index is 13.1. The lowest BCUT2D eigenvalue weighted by Crippen LogP contribution is -2.38. The Morgan fingerprint density at radius 2 is 1.88 bits per heavy atom. The zero-order valence-corrected chi connectivity index (χ0v) is 16.1. The molecule has 0 aliphatic carbocycles. The number of rotatable bonds is 3. The molecule has 1 saturated heterocycles. The molecule has 1 aliphatic rings. The summed E-state index contributed by atoms with van der Waals surface area (Å²) in [6.07, 6.45) is 5.07. The van der Waals surface area contributed by atoms with E-state index in [0.717, 1.165) is 36.4 Å². The molecule has 0 unspecified atom stereocenters. The average Bonchev–Trinajstić information content (AvgIpc) is 2.61. The second-order valence-corrected chi connectivity index (χ2v) is 9.30. The molecule has 0 N–H and O–H groups in total. The predicted molar refractivity (Wildman–Crippen MR) is 104 cm³/mol. The van der Waals surface area contributed by atoms with Crippen LogP contribution in [0.2, 0.25) is 0 Å². The quantitative estimate of drug-likeness (QED) is 0.698. The number of nitrogens with zero attached hydrogens (tertiary/aromatic N) is 2. The third-order valence-corrected chi connectivity index (χ3v) is 5.49. The van der Waals surface area contributed by atoms with Crippen LogP contribution in [0, 0.1) is 0 Å². The van der Waals surface area contributed by atoms with Gasteiger partial charge in [-0.15, -0.1) is 11.8 Å². The SMILES string of the molecule is CC(C)(C)Sc1ncccc1[C@H]1CCCCN1C(=O)c1ccccc1. The molecule has 2 aromatic rings. The van der Waals surface area contributed by atoms with Gasteiger partial charge < -0.3 is 4.90 Å². The molecule has 0 radical (unpaired) electrons. The van der Waals surface area contributed by atoms with Gasteiger partial charge in [0.1, 0.15) is 5.03 Å². The average molecular weight is 355 g/mol. The van der Waals surface area contributed by atoms with Gasteiger partial charge in [0.05, 0.1) is 6.04 Å².